The van der Waals surface area contributed by atoms with Crippen molar-refractivity contribution in [1.82, 2.24) is 15.0 Å². The fraction of sp³-hybridized carbons (Fsp3) is 0. The maximum absolute atomic E-state index is 12.9. The van der Waals surface area contributed by atoms with Gasteiger partial charge >= 0.3 is 0 Å². The van der Waals surface area contributed by atoms with Crippen LogP contribution in [0.2, 0.25) is 0 Å². The van der Waals surface area contributed by atoms with Crippen LogP contribution in [0.15, 0.2) is 61.1 Å². The Morgan fingerprint density at radius 1 is 0.955 bits per heavy atom. The lowest BCUT2D eigenvalue weighted by molar-refractivity contribution is 0.584. The number of thiophene rings is 1. The van der Waals surface area contributed by atoms with Gasteiger partial charge in [-0.1, -0.05) is 0 Å². The summed E-state index contributed by atoms with van der Waals surface area (Å²) in [7, 11) is 0. The maximum Gasteiger partial charge on any atom is 0.212 e. The summed E-state index contributed by atoms with van der Waals surface area (Å²) in [5, 5.41) is 0. The molecule has 0 bridgehead atoms. The highest BCUT2D eigenvalue weighted by molar-refractivity contribution is 7.22. The first-order valence-corrected chi connectivity index (χ1v) is 7.54. The average Bonchev–Trinajstić information content (AvgIpc) is 2.99. The molecule has 4 heterocycles. The van der Waals surface area contributed by atoms with Crippen molar-refractivity contribution < 1.29 is 4.39 Å². The molecular formula is C17H10FN3S. The highest BCUT2D eigenvalue weighted by Crippen LogP contribution is 2.33. The fourth-order valence-electron chi connectivity index (χ4n) is 2.26. The van der Waals surface area contributed by atoms with Crippen molar-refractivity contribution in [2.75, 3.05) is 0 Å². The van der Waals surface area contributed by atoms with Crippen LogP contribution >= 0.6 is 11.3 Å². The molecular weight excluding hydrogens is 297 g/mol. The standard InChI is InChI=1S/C17H10FN3S/c18-17-6-3-12(10-20-17)16-8-14-15(22-16)5-4-13(21-14)11-2-1-7-19-9-11/h1-10H. The van der Waals surface area contributed by atoms with Gasteiger partial charge < -0.3 is 0 Å². The third-order valence-electron chi connectivity index (χ3n) is 3.34. The second kappa shape index (κ2) is 5.27. The molecule has 0 saturated heterocycles. The predicted molar refractivity (Wildman–Crippen MR) is 86.0 cm³/mol. The molecule has 0 aliphatic heterocycles. The Morgan fingerprint density at radius 2 is 1.91 bits per heavy atom. The predicted octanol–water partition coefficient (Wildman–Crippen LogP) is 4.56. The van der Waals surface area contributed by atoms with Crippen molar-refractivity contribution in [2.45, 2.75) is 0 Å². The molecule has 106 valence electrons. The van der Waals surface area contributed by atoms with Crippen molar-refractivity contribution in [3.05, 3.63) is 67.0 Å². The van der Waals surface area contributed by atoms with E-state index >= 15 is 0 Å². The Balaban J connectivity index is 1.80. The van der Waals surface area contributed by atoms with E-state index < -0.39 is 5.95 Å². The van der Waals surface area contributed by atoms with Crippen LogP contribution in [0.4, 0.5) is 4.39 Å². The summed E-state index contributed by atoms with van der Waals surface area (Å²) in [6.45, 7) is 0. The van der Waals surface area contributed by atoms with Gasteiger partial charge in [0.2, 0.25) is 5.95 Å². The van der Waals surface area contributed by atoms with Gasteiger partial charge in [-0.2, -0.15) is 4.39 Å². The fourth-order valence-corrected chi connectivity index (χ4v) is 3.25. The van der Waals surface area contributed by atoms with E-state index in [1.807, 2.05) is 24.3 Å². The summed E-state index contributed by atoms with van der Waals surface area (Å²) in [5.74, 6) is -0.471. The minimum atomic E-state index is -0.471. The zero-order chi connectivity index (χ0) is 14.9. The highest BCUT2D eigenvalue weighted by atomic mass is 32.1. The molecule has 5 heteroatoms. The largest absolute Gasteiger partial charge is 0.264 e. The zero-order valence-corrected chi connectivity index (χ0v) is 12.2. The Bertz CT molecular complexity index is 933. The van der Waals surface area contributed by atoms with Crippen LogP contribution in [0.5, 0.6) is 0 Å². The first-order chi connectivity index (χ1) is 10.8. The number of pyridine rings is 3. The van der Waals surface area contributed by atoms with Gasteiger partial charge in [-0.25, -0.2) is 9.97 Å². The van der Waals surface area contributed by atoms with E-state index in [-0.39, 0.29) is 0 Å². The number of fused-ring (bicyclic) bond motifs is 1. The lowest BCUT2D eigenvalue weighted by Gasteiger charge is -1.99. The van der Waals surface area contributed by atoms with E-state index in [1.165, 1.54) is 6.07 Å². The van der Waals surface area contributed by atoms with E-state index in [2.05, 4.69) is 21.0 Å². The Labute approximate surface area is 130 Å². The lowest BCUT2D eigenvalue weighted by atomic mass is 10.2. The molecule has 0 aliphatic rings. The molecule has 0 saturated carbocycles. The second-order valence-electron chi connectivity index (χ2n) is 4.80. The summed E-state index contributed by atoms with van der Waals surface area (Å²) < 4.78 is 14.0. The minimum absolute atomic E-state index is 0.471. The molecule has 22 heavy (non-hydrogen) atoms. The van der Waals surface area contributed by atoms with Crippen LogP contribution < -0.4 is 0 Å². The van der Waals surface area contributed by atoms with Crippen LogP contribution in [0.3, 0.4) is 0 Å². The third-order valence-corrected chi connectivity index (χ3v) is 4.48. The number of aromatic nitrogens is 3. The van der Waals surface area contributed by atoms with Crippen molar-refractivity contribution in [3.63, 3.8) is 0 Å². The second-order valence-corrected chi connectivity index (χ2v) is 5.89. The molecule has 4 rings (SSSR count). The SMILES string of the molecule is Fc1ccc(-c2cc3nc(-c4cccnc4)ccc3s2)cn1. The van der Waals surface area contributed by atoms with Crippen molar-refractivity contribution in [3.8, 4) is 21.7 Å². The number of hydrogen-bond donors (Lipinski definition) is 0. The van der Waals surface area contributed by atoms with Crippen molar-refractivity contribution in [1.29, 1.82) is 0 Å². The van der Waals surface area contributed by atoms with E-state index in [0.29, 0.717) is 0 Å². The molecule has 0 spiro atoms. The summed E-state index contributed by atoms with van der Waals surface area (Å²) in [6.07, 6.45) is 5.08. The van der Waals surface area contributed by atoms with Gasteiger partial charge in [0.1, 0.15) is 0 Å². The van der Waals surface area contributed by atoms with Gasteiger partial charge in [0.15, 0.2) is 0 Å². The third kappa shape index (κ3) is 2.35. The van der Waals surface area contributed by atoms with Gasteiger partial charge in [-0.05, 0) is 42.5 Å². The number of hydrogen-bond acceptors (Lipinski definition) is 4. The molecule has 0 aliphatic carbocycles. The van der Waals surface area contributed by atoms with Crippen LogP contribution in [0, 0.1) is 5.95 Å². The molecule has 0 N–H and O–H groups in total. The van der Waals surface area contributed by atoms with Crippen LogP contribution in [0.25, 0.3) is 31.9 Å². The molecule has 0 radical (unpaired) electrons. The Morgan fingerprint density at radius 3 is 2.68 bits per heavy atom. The molecule has 3 nitrogen and oxygen atoms in total. The summed E-state index contributed by atoms with van der Waals surface area (Å²) in [6, 6.07) is 13.0. The van der Waals surface area contributed by atoms with E-state index in [4.69, 9.17) is 0 Å². The maximum atomic E-state index is 12.9. The van der Waals surface area contributed by atoms with E-state index in [9.17, 15) is 4.39 Å². The Kier molecular flexibility index (Phi) is 3.12. The topological polar surface area (TPSA) is 38.7 Å². The summed E-state index contributed by atoms with van der Waals surface area (Å²) in [5.41, 5.74) is 3.70. The van der Waals surface area contributed by atoms with Gasteiger partial charge in [0.05, 0.1) is 15.9 Å². The first-order valence-electron chi connectivity index (χ1n) is 6.72. The molecule has 0 fully saturated rings. The van der Waals surface area contributed by atoms with Gasteiger partial charge in [-0.3, -0.25) is 4.98 Å². The molecule has 0 atom stereocenters. The van der Waals surface area contributed by atoms with Gasteiger partial charge in [0, 0.05) is 34.6 Å². The van der Waals surface area contributed by atoms with Gasteiger partial charge in [-0.15, -0.1) is 11.3 Å². The van der Waals surface area contributed by atoms with Crippen LogP contribution in [0.1, 0.15) is 0 Å². The van der Waals surface area contributed by atoms with E-state index in [0.717, 1.165) is 31.9 Å². The average molecular weight is 307 g/mol. The minimum Gasteiger partial charge on any atom is -0.264 e. The smallest absolute Gasteiger partial charge is 0.212 e. The van der Waals surface area contributed by atoms with Crippen molar-refractivity contribution in [2.24, 2.45) is 0 Å². The monoisotopic (exact) mass is 307 g/mol. The Hall–Kier alpha value is -2.66. The number of halogens is 1. The van der Waals surface area contributed by atoms with Crippen LogP contribution in [-0.4, -0.2) is 15.0 Å². The number of nitrogens with zero attached hydrogens (tertiary/aromatic N) is 3. The zero-order valence-electron chi connectivity index (χ0n) is 11.4. The molecule has 0 amide bonds. The molecule has 4 aromatic rings. The number of rotatable bonds is 2. The van der Waals surface area contributed by atoms with Gasteiger partial charge in [0.25, 0.3) is 0 Å². The molecule has 4 aromatic heterocycles. The van der Waals surface area contributed by atoms with E-state index in [1.54, 1.807) is 36.0 Å². The van der Waals surface area contributed by atoms with Crippen molar-refractivity contribution >= 4 is 21.6 Å². The molecule has 0 unspecified atom stereocenters. The quantitative estimate of drug-likeness (QED) is 0.510. The lowest BCUT2D eigenvalue weighted by Crippen LogP contribution is -1.83. The first kappa shape index (κ1) is 13.0. The normalized spacial score (nSPS) is 11.0. The molecule has 0 aromatic carbocycles. The highest BCUT2D eigenvalue weighted by Gasteiger charge is 2.08. The summed E-state index contributed by atoms with van der Waals surface area (Å²) in [4.78, 5) is 13.5. The van der Waals surface area contributed by atoms with Crippen LogP contribution in [-0.2, 0) is 0 Å². The summed E-state index contributed by atoms with van der Waals surface area (Å²) >= 11 is 1.62.